The predicted molar refractivity (Wildman–Crippen MR) is 81.1 cm³/mol. The van der Waals surface area contributed by atoms with Crippen molar-refractivity contribution in [1.82, 2.24) is 14.9 Å². The van der Waals surface area contributed by atoms with E-state index in [4.69, 9.17) is 9.47 Å². The fraction of sp³-hybridized carbons (Fsp3) is 0.267. The van der Waals surface area contributed by atoms with Gasteiger partial charge in [0.1, 0.15) is 6.61 Å². The van der Waals surface area contributed by atoms with Crippen LogP contribution in [-0.2, 0) is 6.61 Å². The molecule has 0 amide bonds. The molecule has 1 heterocycles. The average Bonchev–Trinajstić information content (AvgIpc) is 2.53. The molecule has 2 rings (SSSR count). The first-order chi connectivity index (χ1) is 11.0. The summed E-state index contributed by atoms with van der Waals surface area (Å²) >= 11 is 0. The first-order valence-corrected chi connectivity index (χ1v) is 6.68. The number of nitrogens with zero attached hydrogens (tertiary/aromatic N) is 4. The number of halogens is 2. The zero-order valence-electron chi connectivity index (χ0n) is 13.0. The lowest BCUT2D eigenvalue weighted by molar-refractivity contribution is 0.278. The quantitative estimate of drug-likeness (QED) is 0.604. The van der Waals surface area contributed by atoms with Crippen LogP contribution in [0.15, 0.2) is 29.4 Å². The van der Waals surface area contributed by atoms with Crippen molar-refractivity contribution in [1.29, 1.82) is 0 Å². The van der Waals surface area contributed by atoms with Crippen LogP contribution in [0.3, 0.4) is 0 Å². The highest BCUT2D eigenvalue weighted by Crippen LogP contribution is 2.20. The van der Waals surface area contributed by atoms with Gasteiger partial charge in [-0.15, -0.1) is 0 Å². The second-order valence-electron chi connectivity index (χ2n) is 4.79. The Bertz CT molecular complexity index is 708. The molecule has 1 aromatic heterocycles. The molecule has 0 saturated carbocycles. The minimum atomic E-state index is -0.661. The van der Waals surface area contributed by atoms with Crippen molar-refractivity contribution in [3.8, 4) is 11.8 Å². The normalized spacial score (nSPS) is 10.8. The van der Waals surface area contributed by atoms with Crippen LogP contribution in [0.2, 0.25) is 0 Å². The van der Waals surface area contributed by atoms with E-state index in [2.05, 4.69) is 15.0 Å². The predicted octanol–water partition coefficient (Wildman–Crippen LogP) is 2.56. The van der Waals surface area contributed by atoms with E-state index in [1.54, 1.807) is 25.1 Å². The van der Waals surface area contributed by atoms with Gasteiger partial charge in [0.2, 0.25) is 0 Å². The molecule has 0 radical (unpaired) electrons. The third-order valence-electron chi connectivity index (χ3n) is 2.70. The van der Waals surface area contributed by atoms with Crippen molar-refractivity contribution < 1.29 is 18.3 Å². The van der Waals surface area contributed by atoms with Crippen molar-refractivity contribution in [3.05, 3.63) is 41.6 Å². The molecule has 23 heavy (non-hydrogen) atoms. The van der Waals surface area contributed by atoms with E-state index in [1.807, 2.05) is 0 Å². The summed E-state index contributed by atoms with van der Waals surface area (Å²) in [7, 11) is 4.88. The van der Waals surface area contributed by atoms with E-state index in [0.29, 0.717) is 5.56 Å². The minimum Gasteiger partial charge on any atom is -0.494 e. The third kappa shape index (κ3) is 4.60. The lowest BCUT2D eigenvalue weighted by Crippen LogP contribution is -2.07. The molecule has 0 aliphatic rings. The van der Waals surface area contributed by atoms with Crippen molar-refractivity contribution in [2.75, 3.05) is 21.2 Å². The Morgan fingerprint density at radius 1 is 1.26 bits per heavy atom. The Kier molecular flexibility index (Phi) is 5.40. The molecule has 0 atom stereocenters. The van der Waals surface area contributed by atoms with Gasteiger partial charge in [-0.2, -0.15) is 4.98 Å². The second-order valence-corrected chi connectivity index (χ2v) is 4.79. The lowest BCUT2D eigenvalue weighted by Gasteiger charge is -2.07. The van der Waals surface area contributed by atoms with E-state index in [9.17, 15) is 8.78 Å². The minimum absolute atomic E-state index is 0.0311. The number of methoxy groups -OCH3 is 1. The van der Waals surface area contributed by atoms with Crippen molar-refractivity contribution >= 4 is 12.2 Å². The molecule has 0 aliphatic carbocycles. The van der Waals surface area contributed by atoms with Gasteiger partial charge in [0.25, 0.3) is 0 Å². The first-order valence-electron chi connectivity index (χ1n) is 6.68. The molecule has 122 valence electrons. The molecule has 0 N–H and O–H groups in total. The average molecular weight is 322 g/mol. The molecule has 0 fully saturated rings. The van der Waals surface area contributed by atoms with E-state index in [1.165, 1.54) is 25.6 Å². The maximum absolute atomic E-state index is 13.6. The zero-order chi connectivity index (χ0) is 16.8. The van der Waals surface area contributed by atoms with Crippen LogP contribution in [0.1, 0.15) is 5.56 Å². The van der Waals surface area contributed by atoms with Crippen LogP contribution in [-0.4, -0.2) is 42.4 Å². The number of aromatic nitrogens is 2. The molecule has 8 heteroatoms. The molecule has 0 unspecified atom stereocenters. The van der Waals surface area contributed by atoms with Crippen molar-refractivity contribution in [2.45, 2.75) is 6.61 Å². The van der Waals surface area contributed by atoms with Crippen LogP contribution >= 0.6 is 0 Å². The van der Waals surface area contributed by atoms with Crippen molar-refractivity contribution in [3.63, 3.8) is 0 Å². The Balaban J connectivity index is 2.08. The van der Waals surface area contributed by atoms with Gasteiger partial charge in [-0.25, -0.2) is 18.8 Å². The Hall–Kier alpha value is -2.77. The lowest BCUT2D eigenvalue weighted by atomic mass is 10.2. The maximum atomic E-state index is 13.6. The van der Waals surface area contributed by atoms with Gasteiger partial charge in [0.15, 0.2) is 23.2 Å². The van der Waals surface area contributed by atoms with E-state index in [-0.39, 0.29) is 24.2 Å². The molecule has 2 aromatic rings. The second kappa shape index (κ2) is 7.48. The van der Waals surface area contributed by atoms with Crippen LogP contribution in [0.5, 0.6) is 11.8 Å². The van der Waals surface area contributed by atoms with E-state index < -0.39 is 11.6 Å². The van der Waals surface area contributed by atoms with Gasteiger partial charge in [-0.3, -0.25) is 0 Å². The Morgan fingerprint density at radius 2 is 2.04 bits per heavy atom. The number of rotatable bonds is 6. The summed E-state index contributed by atoms with van der Waals surface area (Å²) in [5, 5.41) is 0. The van der Waals surface area contributed by atoms with Gasteiger partial charge in [-0.1, -0.05) is 6.07 Å². The Labute approximate surface area is 132 Å². The smallest absolute Gasteiger partial charge is 0.318 e. The monoisotopic (exact) mass is 322 g/mol. The van der Waals surface area contributed by atoms with Gasteiger partial charge < -0.3 is 14.4 Å². The molecule has 0 bridgehead atoms. The molecular weight excluding hydrogens is 306 g/mol. The number of ether oxygens (including phenoxy) is 2. The largest absolute Gasteiger partial charge is 0.494 e. The highest BCUT2D eigenvalue weighted by molar-refractivity contribution is 5.59. The number of aliphatic imine (C=N–C) groups is 1. The van der Waals surface area contributed by atoms with Crippen molar-refractivity contribution in [2.24, 2.45) is 4.99 Å². The fourth-order valence-electron chi connectivity index (χ4n) is 1.62. The van der Waals surface area contributed by atoms with E-state index >= 15 is 0 Å². The summed E-state index contributed by atoms with van der Waals surface area (Å²) in [5.41, 5.74) is 0.564. The number of hydrogen-bond donors (Lipinski definition) is 0. The summed E-state index contributed by atoms with van der Waals surface area (Å²) in [6, 6.07) is 4.38. The number of benzene rings is 1. The summed E-state index contributed by atoms with van der Waals surface area (Å²) in [4.78, 5) is 13.1. The summed E-state index contributed by atoms with van der Waals surface area (Å²) in [6.45, 7) is 0.0311. The summed E-state index contributed by atoms with van der Waals surface area (Å²) in [6.07, 6.45) is 2.38. The summed E-state index contributed by atoms with van der Waals surface area (Å²) < 4.78 is 37.3. The SMILES string of the molecule is COc1ccc(COc2ncc(F)c(N=CN(C)C)n2)cc1F. The first kappa shape index (κ1) is 16.6. The van der Waals surface area contributed by atoms with Gasteiger partial charge in [0.05, 0.1) is 19.6 Å². The van der Waals surface area contributed by atoms with Crippen LogP contribution < -0.4 is 9.47 Å². The highest BCUT2D eigenvalue weighted by atomic mass is 19.1. The highest BCUT2D eigenvalue weighted by Gasteiger charge is 2.08. The standard InChI is InChI=1S/C15H16F2N4O2/c1-21(2)9-19-14-12(17)7-18-15(20-14)23-8-10-4-5-13(22-3)11(16)6-10/h4-7,9H,8H2,1-3H3. The fourth-order valence-corrected chi connectivity index (χ4v) is 1.62. The van der Waals surface area contributed by atoms with Gasteiger partial charge in [0, 0.05) is 14.1 Å². The molecule has 1 aromatic carbocycles. The van der Waals surface area contributed by atoms with Crippen LogP contribution in [0.25, 0.3) is 0 Å². The molecule has 6 nitrogen and oxygen atoms in total. The molecular formula is C15H16F2N4O2. The van der Waals surface area contributed by atoms with Crippen LogP contribution in [0, 0.1) is 11.6 Å². The summed E-state index contributed by atoms with van der Waals surface area (Å²) in [5.74, 6) is -1.15. The number of hydrogen-bond acceptors (Lipinski definition) is 5. The zero-order valence-corrected chi connectivity index (χ0v) is 13.0. The van der Waals surface area contributed by atoms with E-state index in [0.717, 1.165) is 6.20 Å². The molecule has 0 spiro atoms. The topological polar surface area (TPSA) is 59.8 Å². The molecule has 0 saturated heterocycles. The maximum Gasteiger partial charge on any atom is 0.318 e. The Morgan fingerprint density at radius 3 is 2.70 bits per heavy atom. The third-order valence-corrected chi connectivity index (χ3v) is 2.70. The van der Waals surface area contributed by atoms with Gasteiger partial charge in [-0.05, 0) is 17.7 Å². The van der Waals surface area contributed by atoms with Gasteiger partial charge >= 0.3 is 6.01 Å². The molecule has 0 aliphatic heterocycles. The van der Waals surface area contributed by atoms with Crippen LogP contribution in [0.4, 0.5) is 14.6 Å².